The van der Waals surface area contributed by atoms with Crippen LogP contribution in [0.1, 0.15) is 127 Å². The zero-order chi connectivity index (χ0) is 28.8. The monoisotopic (exact) mass is 544 g/mol. The molecule has 0 heterocycles. The molecular weight excluding hydrogens is 488 g/mol. The van der Waals surface area contributed by atoms with Gasteiger partial charge in [0.25, 0.3) is 0 Å². The average Bonchev–Trinajstić information content (AvgIpc) is 2.81. The summed E-state index contributed by atoms with van der Waals surface area (Å²) >= 11 is 0. The lowest BCUT2D eigenvalue weighted by atomic mass is 9.31. The first kappa shape index (κ1) is 29.4. The lowest BCUT2D eigenvalue weighted by molar-refractivity contribution is -0.282. The van der Waals surface area contributed by atoms with Crippen LogP contribution >= 0.6 is 0 Å². The molecule has 10 atom stereocenters. The van der Waals surface area contributed by atoms with Crippen LogP contribution in [0.5, 0.6) is 0 Å². The minimum Gasteiger partial charge on any atom is -0.465 e. The van der Waals surface area contributed by atoms with Crippen LogP contribution in [0, 0.1) is 56.2 Å². The number of carbonyl (C=O) groups excluding carboxylic acids is 2. The Labute approximate surface area is 237 Å². The van der Waals surface area contributed by atoms with Gasteiger partial charge in [0.2, 0.25) is 0 Å². The van der Waals surface area contributed by atoms with Gasteiger partial charge in [-0.25, -0.2) is 0 Å². The SMILES string of the molecule is CC(=O)OC[C@]12CCC(C)(C)C[C@H]1[C@H]1[C@@H](O)C[C@@H]3[C@@]4(C)CC[C@H](OC(C)=O)C(C)(C)[C@@H]4CC[C@@]3(C)[C@]1(C)CC2. The molecule has 39 heavy (non-hydrogen) atoms. The maximum atomic E-state index is 12.3. The number of hydrogen-bond donors (Lipinski definition) is 1. The molecule has 5 aliphatic rings. The van der Waals surface area contributed by atoms with Crippen molar-refractivity contribution in [3.63, 3.8) is 0 Å². The van der Waals surface area contributed by atoms with E-state index in [2.05, 4.69) is 48.5 Å². The molecule has 0 saturated heterocycles. The summed E-state index contributed by atoms with van der Waals surface area (Å²) in [4.78, 5) is 23.9. The molecule has 0 unspecified atom stereocenters. The summed E-state index contributed by atoms with van der Waals surface area (Å²) in [6.07, 6.45) is 10.3. The topological polar surface area (TPSA) is 72.8 Å². The molecule has 0 amide bonds. The van der Waals surface area contributed by atoms with E-state index in [4.69, 9.17) is 9.47 Å². The predicted molar refractivity (Wildman–Crippen MR) is 153 cm³/mol. The fourth-order valence-electron chi connectivity index (χ4n) is 12.0. The van der Waals surface area contributed by atoms with E-state index in [1.165, 1.54) is 20.3 Å². The van der Waals surface area contributed by atoms with Gasteiger partial charge in [0, 0.05) is 24.7 Å². The van der Waals surface area contributed by atoms with Crippen molar-refractivity contribution in [2.24, 2.45) is 56.2 Å². The quantitative estimate of drug-likeness (QED) is 0.377. The number of hydrogen-bond acceptors (Lipinski definition) is 5. The van der Waals surface area contributed by atoms with Gasteiger partial charge in [-0.05, 0) is 110 Å². The second-order valence-electron chi connectivity index (χ2n) is 16.9. The van der Waals surface area contributed by atoms with Gasteiger partial charge in [-0.1, -0.05) is 48.5 Å². The first-order valence-corrected chi connectivity index (χ1v) is 15.9. The number of fused-ring (bicyclic) bond motifs is 7. The smallest absolute Gasteiger partial charge is 0.302 e. The Kier molecular flexibility index (Phi) is 6.93. The highest BCUT2D eigenvalue weighted by atomic mass is 16.5. The molecule has 0 aromatic rings. The summed E-state index contributed by atoms with van der Waals surface area (Å²) in [6, 6.07) is 0. The van der Waals surface area contributed by atoms with Crippen molar-refractivity contribution < 1.29 is 24.2 Å². The molecule has 0 radical (unpaired) electrons. The van der Waals surface area contributed by atoms with Crippen molar-refractivity contribution in [3.05, 3.63) is 0 Å². The number of rotatable bonds is 3. The summed E-state index contributed by atoms with van der Waals surface area (Å²) in [5.41, 5.74) is 0.436. The highest BCUT2D eigenvalue weighted by Crippen LogP contribution is 2.77. The number of carbonyl (C=O) groups is 2. The zero-order valence-corrected chi connectivity index (χ0v) is 26.3. The fourth-order valence-corrected chi connectivity index (χ4v) is 12.0. The van der Waals surface area contributed by atoms with E-state index in [1.54, 1.807) is 0 Å². The van der Waals surface area contributed by atoms with Gasteiger partial charge in [0.15, 0.2) is 0 Å². The molecule has 5 heteroatoms. The van der Waals surface area contributed by atoms with Crippen molar-refractivity contribution in [1.29, 1.82) is 0 Å². The maximum Gasteiger partial charge on any atom is 0.302 e. The van der Waals surface area contributed by atoms with E-state index in [9.17, 15) is 14.7 Å². The molecule has 0 spiro atoms. The molecule has 0 aliphatic heterocycles. The van der Waals surface area contributed by atoms with Gasteiger partial charge in [0.05, 0.1) is 12.7 Å². The Hall–Kier alpha value is -1.10. The molecule has 5 fully saturated rings. The molecule has 0 bridgehead atoms. The molecule has 222 valence electrons. The molecule has 0 aromatic carbocycles. The summed E-state index contributed by atoms with van der Waals surface area (Å²) in [7, 11) is 0. The number of aliphatic hydroxyl groups is 1. The fraction of sp³-hybridized carbons (Fsp3) is 0.941. The summed E-state index contributed by atoms with van der Waals surface area (Å²) < 4.78 is 11.7. The molecule has 0 aromatic heterocycles. The van der Waals surface area contributed by atoms with Crippen molar-refractivity contribution in [2.75, 3.05) is 6.61 Å². The predicted octanol–water partition coefficient (Wildman–Crippen LogP) is 7.33. The average molecular weight is 545 g/mol. The van der Waals surface area contributed by atoms with Crippen molar-refractivity contribution >= 4 is 11.9 Å². The van der Waals surface area contributed by atoms with E-state index >= 15 is 0 Å². The van der Waals surface area contributed by atoms with Crippen molar-refractivity contribution in [2.45, 2.75) is 139 Å². The summed E-state index contributed by atoms with van der Waals surface area (Å²) in [6.45, 7) is 20.6. The number of ether oxygens (including phenoxy) is 2. The highest BCUT2D eigenvalue weighted by Gasteiger charge is 2.72. The second-order valence-corrected chi connectivity index (χ2v) is 16.9. The maximum absolute atomic E-state index is 12.3. The van der Waals surface area contributed by atoms with Crippen LogP contribution in [-0.2, 0) is 19.1 Å². The third-order valence-corrected chi connectivity index (χ3v) is 14.2. The van der Waals surface area contributed by atoms with Gasteiger partial charge >= 0.3 is 11.9 Å². The Bertz CT molecular complexity index is 1000. The Morgan fingerprint density at radius 2 is 1.46 bits per heavy atom. The van der Waals surface area contributed by atoms with Crippen molar-refractivity contribution in [1.82, 2.24) is 0 Å². The van der Waals surface area contributed by atoms with Gasteiger partial charge in [-0.3, -0.25) is 9.59 Å². The van der Waals surface area contributed by atoms with Crippen LogP contribution < -0.4 is 0 Å². The van der Waals surface area contributed by atoms with E-state index in [-0.39, 0.29) is 62.6 Å². The summed E-state index contributed by atoms with van der Waals surface area (Å²) in [5.74, 6) is 1.15. The van der Waals surface area contributed by atoms with Crippen LogP contribution in [0.25, 0.3) is 0 Å². The second kappa shape index (κ2) is 9.20. The van der Waals surface area contributed by atoms with Gasteiger partial charge in [-0.15, -0.1) is 0 Å². The first-order chi connectivity index (χ1) is 17.9. The minimum atomic E-state index is -0.339. The van der Waals surface area contributed by atoms with E-state index in [1.807, 2.05) is 0 Å². The summed E-state index contributed by atoms with van der Waals surface area (Å²) in [5, 5.41) is 12.3. The largest absolute Gasteiger partial charge is 0.465 e. The molecule has 5 nitrogen and oxygen atoms in total. The zero-order valence-electron chi connectivity index (χ0n) is 26.3. The molecule has 5 saturated carbocycles. The Morgan fingerprint density at radius 3 is 2.10 bits per heavy atom. The molecule has 5 rings (SSSR count). The van der Waals surface area contributed by atoms with E-state index in [0.29, 0.717) is 24.4 Å². The standard InChI is InChI=1S/C34H56O5/c1-21(35)38-20-34-16-14-29(3,4)19-23(34)28-24(37)18-26-31(7)12-11-27(39-22(2)36)30(5,6)25(31)10-13-32(26,8)33(28,9)15-17-34/h23-28,37H,10-20H2,1-9H3/t23-,24-,25-,26+,27-,28-,31-,32+,33+,34+/m0/s1. The third kappa shape index (κ3) is 4.24. The molecule has 1 N–H and O–H groups in total. The molecule has 5 aliphatic carbocycles. The van der Waals surface area contributed by atoms with E-state index in [0.717, 1.165) is 57.8 Å². The van der Waals surface area contributed by atoms with E-state index < -0.39 is 0 Å². The third-order valence-electron chi connectivity index (χ3n) is 14.2. The van der Waals surface area contributed by atoms with Crippen LogP contribution in [0.2, 0.25) is 0 Å². The minimum absolute atomic E-state index is 0.0132. The first-order valence-electron chi connectivity index (χ1n) is 15.9. The molecular formula is C34H56O5. The Morgan fingerprint density at radius 1 is 0.795 bits per heavy atom. The van der Waals surface area contributed by atoms with Gasteiger partial charge in [-0.2, -0.15) is 0 Å². The number of esters is 2. The van der Waals surface area contributed by atoms with Crippen LogP contribution in [-0.4, -0.2) is 35.9 Å². The van der Waals surface area contributed by atoms with Gasteiger partial charge in [0.1, 0.15) is 6.10 Å². The van der Waals surface area contributed by atoms with Crippen molar-refractivity contribution in [3.8, 4) is 0 Å². The lowest BCUT2D eigenvalue weighted by Crippen LogP contribution is -2.70. The number of aliphatic hydroxyl groups excluding tert-OH is 1. The van der Waals surface area contributed by atoms with Gasteiger partial charge < -0.3 is 14.6 Å². The van der Waals surface area contributed by atoms with Crippen LogP contribution in [0.4, 0.5) is 0 Å². The van der Waals surface area contributed by atoms with Crippen LogP contribution in [0.3, 0.4) is 0 Å². The highest BCUT2D eigenvalue weighted by molar-refractivity contribution is 5.66. The normalized spacial score (nSPS) is 49.9. The van der Waals surface area contributed by atoms with Crippen LogP contribution in [0.15, 0.2) is 0 Å². The Balaban J connectivity index is 1.52. The lowest BCUT2D eigenvalue weighted by Gasteiger charge is -2.74.